The highest BCUT2D eigenvalue weighted by Gasteiger charge is 1.85. The molecule has 0 bridgehead atoms. The van der Waals surface area contributed by atoms with Gasteiger partial charge in [-0.1, -0.05) is 32.6 Å². The van der Waals surface area contributed by atoms with Crippen molar-refractivity contribution in [3.05, 3.63) is 17.4 Å². The molecule has 0 aliphatic heterocycles. The largest absolute Gasteiger partial charge is 0.127 e. The van der Waals surface area contributed by atoms with Gasteiger partial charge in [0.25, 0.3) is 0 Å². The standard InChI is InChI=1S/C12H22/c1-4-5-6-7-8-9-10-11-12(2)3/h10H,4-9H2,1-3H3. The second-order valence-corrected chi connectivity index (χ2v) is 3.55. The SMILES string of the molecule is CCCCCCCC=C=C(C)C. The van der Waals surface area contributed by atoms with Crippen LogP contribution >= 0.6 is 0 Å². The zero-order chi connectivity index (χ0) is 9.23. The number of allylic oxidation sites excluding steroid dienone is 1. The van der Waals surface area contributed by atoms with Gasteiger partial charge in [-0.3, -0.25) is 0 Å². The minimum Gasteiger partial charge on any atom is -0.127 e. The monoisotopic (exact) mass is 166 g/mol. The van der Waals surface area contributed by atoms with Gasteiger partial charge in [0.05, 0.1) is 0 Å². The van der Waals surface area contributed by atoms with E-state index in [9.17, 15) is 0 Å². The Labute approximate surface area is 77.4 Å². The summed E-state index contributed by atoms with van der Waals surface area (Å²) in [6.07, 6.45) is 10.2. The van der Waals surface area contributed by atoms with Gasteiger partial charge in [0, 0.05) is 0 Å². The number of unbranched alkanes of at least 4 members (excludes halogenated alkanes) is 5. The van der Waals surface area contributed by atoms with Gasteiger partial charge < -0.3 is 0 Å². The fourth-order valence-electron chi connectivity index (χ4n) is 1.13. The third-order valence-electron chi connectivity index (χ3n) is 1.84. The van der Waals surface area contributed by atoms with Crippen LogP contribution < -0.4 is 0 Å². The van der Waals surface area contributed by atoms with Crippen LogP contribution in [0, 0.1) is 0 Å². The lowest BCUT2D eigenvalue weighted by Gasteiger charge is -1.94. The summed E-state index contributed by atoms with van der Waals surface area (Å²) in [6.45, 7) is 6.43. The minimum absolute atomic E-state index is 1.20. The third kappa shape index (κ3) is 9.52. The van der Waals surface area contributed by atoms with Crippen LogP contribution in [0.4, 0.5) is 0 Å². The van der Waals surface area contributed by atoms with Gasteiger partial charge >= 0.3 is 0 Å². The van der Waals surface area contributed by atoms with Gasteiger partial charge in [0.2, 0.25) is 0 Å². The fourth-order valence-corrected chi connectivity index (χ4v) is 1.13. The third-order valence-corrected chi connectivity index (χ3v) is 1.84. The lowest BCUT2D eigenvalue weighted by atomic mass is 10.1. The van der Waals surface area contributed by atoms with Gasteiger partial charge in [0.15, 0.2) is 0 Å². The highest BCUT2D eigenvalue weighted by Crippen LogP contribution is 2.04. The van der Waals surface area contributed by atoms with E-state index in [4.69, 9.17) is 0 Å². The molecule has 0 unspecified atom stereocenters. The average molecular weight is 166 g/mol. The Morgan fingerprint density at radius 2 is 1.75 bits per heavy atom. The molecule has 0 saturated heterocycles. The molecular formula is C12H22. The van der Waals surface area contributed by atoms with Gasteiger partial charge in [-0.05, 0) is 38.3 Å². The molecule has 12 heavy (non-hydrogen) atoms. The van der Waals surface area contributed by atoms with Crippen molar-refractivity contribution in [3.63, 3.8) is 0 Å². The molecule has 0 aromatic rings. The van der Waals surface area contributed by atoms with E-state index >= 15 is 0 Å². The average Bonchev–Trinajstić information content (AvgIpc) is 2.02. The first kappa shape index (κ1) is 11.5. The maximum Gasteiger partial charge on any atom is -0.0274 e. The van der Waals surface area contributed by atoms with Gasteiger partial charge in [-0.25, -0.2) is 0 Å². The highest BCUT2D eigenvalue weighted by molar-refractivity contribution is 4.93. The van der Waals surface area contributed by atoms with Crippen molar-refractivity contribution in [1.82, 2.24) is 0 Å². The molecule has 0 aromatic carbocycles. The van der Waals surface area contributed by atoms with Crippen molar-refractivity contribution in [2.24, 2.45) is 0 Å². The molecule has 0 nitrogen and oxygen atoms in total. The van der Waals surface area contributed by atoms with Crippen molar-refractivity contribution in [2.45, 2.75) is 59.3 Å². The summed E-state index contributed by atoms with van der Waals surface area (Å²) in [4.78, 5) is 0. The van der Waals surface area contributed by atoms with E-state index in [1.54, 1.807) is 0 Å². The molecule has 0 aliphatic rings. The predicted molar refractivity (Wildman–Crippen MR) is 56.3 cm³/mol. The maximum absolute atomic E-state index is 3.23. The zero-order valence-electron chi connectivity index (χ0n) is 8.82. The molecule has 0 fully saturated rings. The summed E-state index contributed by atoms with van der Waals surface area (Å²) < 4.78 is 0. The van der Waals surface area contributed by atoms with Crippen LogP contribution in [0.3, 0.4) is 0 Å². The molecule has 0 N–H and O–H groups in total. The Morgan fingerprint density at radius 1 is 1.08 bits per heavy atom. The summed E-state index contributed by atoms with van der Waals surface area (Å²) in [5, 5.41) is 0. The second-order valence-electron chi connectivity index (χ2n) is 3.55. The van der Waals surface area contributed by atoms with E-state index in [2.05, 4.69) is 32.6 Å². The smallest absolute Gasteiger partial charge is 0.0274 e. The molecule has 0 rings (SSSR count). The molecule has 0 atom stereocenters. The first-order valence-corrected chi connectivity index (χ1v) is 5.15. The van der Waals surface area contributed by atoms with Crippen LogP contribution in [-0.2, 0) is 0 Å². The lowest BCUT2D eigenvalue weighted by Crippen LogP contribution is -1.75. The first-order chi connectivity index (χ1) is 5.77. The van der Waals surface area contributed by atoms with E-state index in [1.165, 1.54) is 44.1 Å². The van der Waals surface area contributed by atoms with Crippen molar-refractivity contribution >= 4 is 0 Å². The van der Waals surface area contributed by atoms with E-state index in [0.29, 0.717) is 0 Å². The highest BCUT2D eigenvalue weighted by atomic mass is 13.9. The predicted octanol–water partition coefficient (Wildman–Crippen LogP) is 4.47. The zero-order valence-corrected chi connectivity index (χ0v) is 8.82. The Balaban J connectivity index is 3.16. The molecule has 70 valence electrons. The molecular weight excluding hydrogens is 144 g/mol. The summed E-state index contributed by atoms with van der Waals surface area (Å²) in [6, 6.07) is 0. The Hall–Kier alpha value is -0.480. The minimum atomic E-state index is 1.20. The van der Waals surface area contributed by atoms with Crippen LogP contribution in [0.5, 0.6) is 0 Å². The van der Waals surface area contributed by atoms with Gasteiger partial charge in [-0.15, -0.1) is 5.73 Å². The molecule has 0 heteroatoms. The van der Waals surface area contributed by atoms with E-state index in [1.807, 2.05) is 0 Å². The molecule has 0 aliphatic carbocycles. The maximum atomic E-state index is 3.23. The Kier molecular flexibility index (Phi) is 8.27. The van der Waals surface area contributed by atoms with Gasteiger partial charge in [0.1, 0.15) is 0 Å². The Bertz CT molecular complexity index is 143. The molecule has 0 heterocycles. The van der Waals surface area contributed by atoms with Crippen molar-refractivity contribution in [1.29, 1.82) is 0 Å². The van der Waals surface area contributed by atoms with E-state index in [-0.39, 0.29) is 0 Å². The molecule has 0 amide bonds. The molecule has 0 spiro atoms. The quantitative estimate of drug-likeness (QED) is 0.403. The van der Waals surface area contributed by atoms with Crippen LogP contribution in [-0.4, -0.2) is 0 Å². The van der Waals surface area contributed by atoms with Crippen LogP contribution in [0.25, 0.3) is 0 Å². The van der Waals surface area contributed by atoms with E-state index in [0.717, 1.165) is 0 Å². The molecule has 0 saturated carbocycles. The van der Waals surface area contributed by atoms with Crippen molar-refractivity contribution in [3.8, 4) is 0 Å². The van der Waals surface area contributed by atoms with Crippen molar-refractivity contribution < 1.29 is 0 Å². The van der Waals surface area contributed by atoms with Crippen LogP contribution in [0.2, 0.25) is 0 Å². The number of hydrogen-bond donors (Lipinski definition) is 0. The topological polar surface area (TPSA) is 0 Å². The second kappa shape index (κ2) is 8.62. The summed E-state index contributed by atoms with van der Waals surface area (Å²) in [7, 11) is 0. The summed E-state index contributed by atoms with van der Waals surface area (Å²) in [5.74, 6) is 0. The number of rotatable bonds is 6. The van der Waals surface area contributed by atoms with Crippen LogP contribution in [0.1, 0.15) is 59.3 Å². The van der Waals surface area contributed by atoms with Gasteiger partial charge in [-0.2, -0.15) is 0 Å². The fraction of sp³-hybridized carbons (Fsp3) is 0.750. The first-order valence-electron chi connectivity index (χ1n) is 5.15. The summed E-state index contributed by atoms with van der Waals surface area (Å²) >= 11 is 0. The lowest BCUT2D eigenvalue weighted by molar-refractivity contribution is 0.637. The molecule has 0 aromatic heterocycles. The number of hydrogen-bond acceptors (Lipinski definition) is 0. The molecule has 0 radical (unpaired) electrons. The Morgan fingerprint density at radius 3 is 2.33 bits per heavy atom. The van der Waals surface area contributed by atoms with Crippen LogP contribution in [0.15, 0.2) is 17.4 Å². The van der Waals surface area contributed by atoms with E-state index < -0.39 is 0 Å². The van der Waals surface area contributed by atoms with Crippen molar-refractivity contribution in [2.75, 3.05) is 0 Å². The summed E-state index contributed by atoms with van der Waals surface area (Å²) in [5.41, 5.74) is 4.51. The normalized spacial score (nSPS) is 9.25.